The van der Waals surface area contributed by atoms with E-state index in [2.05, 4.69) is 20.6 Å². The largest absolute Gasteiger partial charge is 0.486 e. The fourth-order valence-corrected chi connectivity index (χ4v) is 3.59. The van der Waals surface area contributed by atoms with Crippen LogP contribution in [0, 0.1) is 5.82 Å². The SMILES string of the molecule is CN(C)C/C=C(\F)C(=O)Nc1cc2c(Nc3ccc(F)c(Cl)c3)ncnc2cc1O[C@@H]1CCOC1. The molecule has 1 saturated heterocycles. The van der Waals surface area contributed by atoms with E-state index in [4.69, 9.17) is 21.1 Å². The van der Waals surface area contributed by atoms with Crippen molar-refractivity contribution in [1.82, 2.24) is 14.9 Å². The monoisotopic (exact) mass is 503 g/mol. The molecule has 2 N–H and O–H groups in total. The van der Waals surface area contributed by atoms with Crippen molar-refractivity contribution in [3.05, 3.63) is 59.4 Å². The van der Waals surface area contributed by atoms with Gasteiger partial charge in [-0.15, -0.1) is 0 Å². The van der Waals surface area contributed by atoms with Gasteiger partial charge in [-0.3, -0.25) is 4.79 Å². The quantitative estimate of drug-likeness (QED) is 0.431. The molecular formula is C24H24ClF2N5O3. The fraction of sp³-hybridized carbons (Fsp3) is 0.292. The molecule has 1 atom stereocenters. The molecule has 0 spiro atoms. The summed E-state index contributed by atoms with van der Waals surface area (Å²) in [6.07, 6.45) is 3.03. The van der Waals surface area contributed by atoms with E-state index < -0.39 is 17.6 Å². The minimum Gasteiger partial charge on any atom is -0.486 e. The molecule has 35 heavy (non-hydrogen) atoms. The predicted molar refractivity (Wildman–Crippen MR) is 130 cm³/mol. The number of nitrogens with zero attached hydrogens (tertiary/aromatic N) is 3. The number of halogens is 3. The van der Waals surface area contributed by atoms with Gasteiger partial charge in [0.15, 0.2) is 5.83 Å². The smallest absolute Gasteiger partial charge is 0.284 e. The van der Waals surface area contributed by atoms with Crippen molar-refractivity contribution >= 4 is 45.6 Å². The molecule has 11 heteroatoms. The van der Waals surface area contributed by atoms with Gasteiger partial charge >= 0.3 is 0 Å². The molecular weight excluding hydrogens is 480 g/mol. The number of anilines is 3. The number of hydrogen-bond acceptors (Lipinski definition) is 7. The lowest BCUT2D eigenvalue weighted by molar-refractivity contribution is -0.114. The summed E-state index contributed by atoms with van der Waals surface area (Å²) < 4.78 is 39.4. The van der Waals surface area contributed by atoms with Crippen LogP contribution in [-0.4, -0.2) is 60.7 Å². The van der Waals surface area contributed by atoms with E-state index in [0.29, 0.717) is 47.8 Å². The number of hydrogen-bond donors (Lipinski definition) is 2. The summed E-state index contributed by atoms with van der Waals surface area (Å²) in [5, 5.41) is 6.14. The van der Waals surface area contributed by atoms with Gasteiger partial charge in [0.05, 0.1) is 29.4 Å². The van der Waals surface area contributed by atoms with E-state index in [0.717, 1.165) is 0 Å². The summed E-state index contributed by atoms with van der Waals surface area (Å²) >= 11 is 5.89. The lowest BCUT2D eigenvalue weighted by atomic mass is 10.1. The van der Waals surface area contributed by atoms with Crippen molar-refractivity contribution in [1.29, 1.82) is 0 Å². The van der Waals surface area contributed by atoms with Crippen molar-refractivity contribution in [2.45, 2.75) is 12.5 Å². The Labute approximate surface area is 205 Å². The molecule has 1 aliphatic heterocycles. The number of ether oxygens (including phenoxy) is 2. The van der Waals surface area contributed by atoms with Crippen LogP contribution < -0.4 is 15.4 Å². The number of fused-ring (bicyclic) bond motifs is 1. The maximum absolute atomic E-state index is 14.4. The van der Waals surface area contributed by atoms with Crippen molar-refractivity contribution in [3.63, 3.8) is 0 Å². The zero-order valence-electron chi connectivity index (χ0n) is 19.1. The van der Waals surface area contributed by atoms with Gasteiger partial charge in [0.1, 0.15) is 29.8 Å². The molecule has 8 nitrogen and oxygen atoms in total. The molecule has 0 radical (unpaired) electrons. The number of carbonyl (C=O) groups excluding carboxylic acids is 1. The zero-order valence-corrected chi connectivity index (χ0v) is 19.9. The van der Waals surface area contributed by atoms with Crippen molar-refractivity contribution in [2.24, 2.45) is 0 Å². The summed E-state index contributed by atoms with van der Waals surface area (Å²) in [7, 11) is 3.53. The van der Waals surface area contributed by atoms with Crippen LogP contribution >= 0.6 is 11.6 Å². The first-order valence-corrected chi connectivity index (χ1v) is 11.2. The number of aromatic nitrogens is 2. The van der Waals surface area contributed by atoms with Crippen molar-refractivity contribution in [3.8, 4) is 5.75 Å². The van der Waals surface area contributed by atoms with Crippen molar-refractivity contribution < 1.29 is 23.0 Å². The van der Waals surface area contributed by atoms with E-state index in [1.165, 1.54) is 30.6 Å². The van der Waals surface area contributed by atoms with Gasteiger partial charge in [0, 0.05) is 30.1 Å². The Hall–Kier alpha value is -3.34. The van der Waals surface area contributed by atoms with Gasteiger partial charge in [-0.1, -0.05) is 11.6 Å². The molecule has 1 aromatic heterocycles. The Kier molecular flexibility index (Phi) is 7.74. The predicted octanol–water partition coefficient (Wildman–Crippen LogP) is 4.69. The molecule has 1 fully saturated rings. The highest BCUT2D eigenvalue weighted by Crippen LogP contribution is 2.35. The fourth-order valence-electron chi connectivity index (χ4n) is 3.41. The van der Waals surface area contributed by atoms with Gasteiger partial charge in [-0.25, -0.2) is 18.7 Å². The van der Waals surface area contributed by atoms with E-state index in [9.17, 15) is 13.6 Å². The standard InChI is InChI=1S/C24H24ClF2N5O3/c1-32(2)7-5-19(27)24(33)31-21-10-16-20(11-22(21)35-15-6-8-34-12-15)28-13-29-23(16)30-14-3-4-18(26)17(25)9-14/h3-5,9-11,13,15H,6-8,12H2,1-2H3,(H,31,33)(H,28,29,30)/b19-5-/t15-/m1/s1. The summed E-state index contributed by atoms with van der Waals surface area (Å²) in [6, 6.07) is 7.43. The normalized spacial score (nSPS) is 16.1. The summed E-state index contributed by atoms with van der Waals surface area (Å²) in [5.41, 5.74) is 1.27. The molecule has 3 aromatic rings. The minimum atomic E-state index is -0.919. The highest BCUT2D eigenvalue weighted by molar-refractivity contribution is 6.31. The van der Waals surface area contributed by atoms with Crippen LogP contribution in [-0.2, 0) is 9.53 Å². The molecule has 1 amide bonds. The van der Waals surface area contributed by atoms with Crippen LogP contribution in [0.25, 0.3) is 10.9 Å². The van der Waals surface area contributed by atoms with E-state index in [1.807, 2.05) is 0 Å². The lowest BCUT2D eigenvalue weighted by Crippen LogP contribution is -2.19. The molecule has 4 rings (SSSR count). The lowest BCUT2D eigenvalue weighted by Gasteiger charge is -2.18. The van der Waals surface area contributed by atoms with E-state index >= 15 is 0 Å². The number of amides is 1. The Morgan fingerprint density at radius 2 is 2.14 bits per heavy atom. The van der Waals surface area contributed by atoms with Crippen LogP contribution in [0.5, 0.6) is 5.75 Å². The van der Waals surface area contributed by atoms with Crippen LogP contribution in [0.15, 0.2) is 48.6 Å². The first-order valence-electron chi connectivity index (χ1n) is 10.9. The second-order valence-electron chi connectivity index (χ2n) is 8.21. The summed E-state index contributed by atoms with van der Waals surface area (Å²) in [6.45, 7) is 1.24. The number of benzene rings is 2. The van der Waals surface area contributed by atoms with Gasteiger partial charge in [-0.2, -0.15) is 0 Å². The average molecular weight is 504 g/mol. The third-order valence-corrected chi connectivity index (χ3v) is 5.49. The Morgan fingerprint density at radius 3 is 2.86 bits per heavy atom. The highest BCUT2D eigenvalue weighted by atomic mass is 35.5. The first-order chi connectivity index (χ1) is 16.8. The average Bonchev–Trinajstić information content (AvgIpc) is 3.33. The highest BCUT2D eigenvalue weighted by Gasteiger charge is 2.22. The van der Waals surface area contributed by atoms with E-state index in [-0.39, 0.29) is 23.4 Å². The third kappa shape index (κ3) is 6.21. The third-order valence-electron chi connectivity index (χ3n) is 5.20. The molecule has 0 saturated carbocycles. The van der Waals surface area contributed by atoms with Crippen LogP contribution in [0.3, 0.4) is 0 Å². The molecule has 1 aliphatic rings. The minimum absolute atomic E-state index is 0.0456. The van der Waals surface area contributed by atoms with Gasteiger partial charge in [0.25, 0.3) is 5.91 Å². The first kappa shape index (κ1) is 24.8. The van der Waals surface area contributed by atoms with Gasteiger partial charge < -0.3 is 25.0 Å². The van der Waals surface area contributed by atoms with Crippen molar-refractivity contribution in [2.75, 3.05) is 44.5 Å². The number of likely N-dealkylation sites (N-methyl/N-ethyl adjacent to an activating group) is 1. The molecule has 0 unspecified atom stereocenters. The number of nitrogens with one attached hydrogen (secondary N) is 2. The molecule has 0 aliphatic carbocycles. The van der Waals surface area contributed by atoms with Crippen LogP contribution in [0.1, 0.15) is 6.42 Å². The Bertz CT molecular complexity index is 1270. The van der Waals surface area contributed by atoms with Crippen LogP contribution in [0.2, 0.25) is 5.02 Å². The maximum Gasteiger partial charge on any atom is 0.284 e. The van der Waals surface area contributed by atoms with Crippen LogP contribution in [0.4, 0.5) is 26.0 Å². The maximum atomic E-state index is 14.4. The van der Waals surface area contributed by atoms with Gasteiger partial charge in [-0.05, 0) is 44.4 Å². The Balaban J connectivity index is 1.70. The zero-order chi connectivity index (χ0) is 24.9. The summed E-state index contributed by atoms with van der Waals surface area (Å²) in [5.74, 6) is -1.66. The summed E-state index contributed by atoms with van der Waals surface area (Å²) in [4.78, 5) is 22.8. The second kappa shape index (κ2) is 10.9. The topological polar surface area (TPSA) is 88.6 Å². The molecule has 2 heterocycles. The molecule has 184 valence electrons. The molecule has 2 aromatic carbocycles. The second-order valence-corrected chi connectivity index (χ2v) is 8.62. The van der Waals surface area contributed by atoms with E-state index in [1.54, 1.807) is 31.1 Å². The number of carbonyl (C=O) groups is 1. The molecule has 0 bridgehead atoms. The number of rotatable bonds is 8. The Morgan fingerprint density at radius 1 is 1.31 bits per heavy atom. The van der Waals surface area contributed by atoms with Gasteiger partial charge in [0.2, 0.25) is 0 Å².